The first kappa shape index (κ1) is 22.6. The molecule has 2 fully saturated rings. The fourth-order valence-electron chi connectivity index (χ4n) is 4.41. The monoisotopic (exact) mass is 400 g/mol. The van der Waals surface area contributed by atoms with Gasteiger partial charge in [-0.1, -0.05) is 19.8 Å². The van der Waals surface area contributed by atoms with Gasteiger partial charge in [0.15, 0.2) is 6.61 Å². The van der Waals surface area contributed by atoms with E-state index in [0.717, 1.165) is 30.6 Å². The summed E-state index contributed by atoms with van der Waals surface area (Å²) in [4.78, 5) is 8.00. The molecule has 3 nitrogen and oxygen atoms in total. The molecule has 0 saturated heterocycles. The van der Waals surface area contributed by atoms with Gasteiger partial charge in [-0.3, -0.25) is 0 Å². The second-order valence-electron chi connectivity index (χ2n) is 8.05. The Balaban J connectivity index is 0.00000136. The average molecular weight is 400 g/mol. The number of ether oxygens (including phenoxy) is 2. The maximum atomic E-state index is 12.2. The van der Waals surface area contributed by atoms with Gasteiger partial charge in [0.2, 0.25) is 0 Å². The highest BCUT2D eigenvalue weighted by Crippen LogP contribution is 2.40. The minimum Gasteiger partial charge on any atom is -0.490 e. The molecule has 1 aromatic rings. The molecule has 1 aromatic carbocycles. The van der Waals surface area contributed by atoms with Crippen molar-refractivity contribution in [2.45, 2.75) is 70.6 Å². The molecule has 0 radical (unpaired) electrons. The van der Waals surface area contributed by atoms with Crippen molar-refractivity contribution in [1.29, 1.82) is 0 Å². The van der Waals surface area contributed by atoms with Crippen molar-refractivity contribution in [2.75, 3.05) is 6.61 Å². The number of carbonyl (C=O) groups is 1. The Labute approximate surface area is 165 Å². The van der Waals surface area contributed by atoms with Gasteiger partial charge in [0.1, 0.15) is 18.3 Å². The molecular weight excluding hydrogens is 369 g/mol. The number of hydrogen-bond donors (Lipinski definition) is 0. The maximum Gasteiger partial charge on any atom is 0.422 e. The van der Waals surface area contributed by atoms with Crippen molar-refractivity contribution in [2.24, 2.45) is 17.8 Å². The zero-order valence-electron chi connectivity index (χ0n) is 16.5. The molecule has 0 spiro atoms. The van der Waals surface area contributed by atoms with Crippen molar-refractivity contribution in [3.8, 4) is 11.5 Å². The Morgan fingerprint density at radius 1 is 0.857 bits per heavy atom. The van der Waals surface area contributed by atoms with Crippen LogP contribution in [-0.2, 0) is 4.79 Å². The van der Waals surface area contributed by atoms with Gasteiger partial charge in [-0.2, -0.15) is 13.2 Å². The van der Waals surface area contributed by atoms with Crippen LogP contribution in [0.3, 0.4) is 0 Å². The zero-order valence-corrected chi connectivity index (χ0v) is 16.5. The summed E-state index contributed by atoms with van der Waals surface area (Å²) in [7, 11) is 0. The molecule has 0 aromatic heterocycles. The molecule has 0 aliphatic heterocycles. The molecule has 0 amide bonds. The molecule has 0 atom stereocenters. The highest BCUT2D eigenvalue weighted by molar-refractivity contribution is 5.31. The topological polar surface area (TPSA) is 35.5 Å². The maximum absolute atomic E-state index is 12.2. The molecule has 0 heterocycles. The number of rotatable bonds is 5. The summed E-state index contributed by atoms with van der Waals surface area (Å²) in [5.74, 6) is 3.57. The lowest BCUT2D eigenvalue weighted by molar-refractivity contribution is -0.153. The number of alkyl halides is 3. The molecule has 0 bridgehead atoms. The molecule has 0 unspecified atom stereocenters. The summed E-state index contributed by atoms with van der Waals surface area (Å²) >= 11 is 0. The van der Waals surface area contributed by atoms with Crippen LogP contribution in [-0.4, -0.2) is 25.7 Å². The second-order valence-corrected chi connectivity index (χ2v) is 8.05. The summed E-state index contributed by atoms with van der Waals surface area (Å²) in [5, 5.41) is 0. The van der Waals surface area contributed by atoms with Crippen LogP contribution >= 0.6 is 0 Å². The van der Waals surface area contributed by atoms with E-state index in [9.17, 15) is 13.2 Å². The van der Waals surface area contributed by atoms with E-state index in [4.69, 9.17) is 14.3 Å². The summed E-state index contributed by atoms with van der Waals surface area (Å²) in [5.41, 5.74) is 0. The van der Waals surface area contributed by atoms with Gasteiger partial charge in [-0.25, -0.2) is 0 Å². The van der Waals surface area contributed by atoms with E-state index in [2.05, 4.69) is 6.92 Å². The molecule has 6 heteroatoms. The zero-order chi connectivity index (χ0) is 20.6. The van der Waals surface area contributed by atoms with Crippen LogP contribution in [0.15, 0.2) is 24.3 Å². The Hall–Kier alpha value is -1.72. The number of hydrogen-bond acceptors (Lipinski definition) is 3. The highest BCUT2D eigenvalue weighted by Gasteiger charge is 2.31. The summed E-state index contributed by atoms with van der Waals surface area (Å²) in [6.07, 6.45) is 6.04. The lowest BCUT2D eigenvalue weighted by Gasteiger charge is -2.37. The van der Waals surface area contributed by atoms with Crippen LogP contribution in [0.1, 0.15) is 58.3 Å². The van der Waals surface area contributed by atoms with Crippen LogP contribution < -0.4 is 9.47 Å². The lowest BCUT2D eigenvalue weighted by Crippen LogP contribution is -2.29. The van der Waals surface area contributed by atoms with E-state index < -0.39 is 12.8 Å². The van der Waals surface area contributed by atoms with Gasteiger partial charge < -0.3 is 14.3 Å². The molecule has 2 saturated carbocycles. The van der Waals surface area contributed by atoms with Crippen molar-refractivity contribution in [1.82, 2.24) is 0 Å². The Morgan fingerprint density at radius 2 is 1.32 bits per heavy atom. The van der Waals surface area contributed by atoms with E-state index >= 15 is 0 Å². The predicted octanol–water partition coefficient (Wildman–Crippen LogP) is 6.21. The van der Waals surface area contributed by atoms with Gasteiger partial charge in [0.05, 0.1) is 6.10 Å². The number of halogens is 3. The fraction of sp³-hybridized carbons (Fsp3) is 0.682. The van der Waals surface area contributed by atoms with Gasteiger partial charge in [-0.05, 0) is 80.5 Å². The van der Waals surface area contributed by atoms with Crippen LogP contribution in [0, 0.1) is 17.8 Å². The van der Waals surface area contributed by atoms with Crippen LogP contribution in [0.25, 0.3) is 0 Å². The smallest absolute Gasteiger partial charge is 0.422 e. The van der Waals surface area contributed by atoms with E-state index in [0.29, 0.717) is 5.75 Å². The standard InChI is InChI=1S/C21H29F3O2.CH2O/c1-15-2-4-16(5-3-15)17-6-8-19(9-7-17)26-20-12-10-18(11-13-20)25-14-21(22,23)24;1-2/h10-13,15-17,19H,2-9,14H2,1H3;1H2. The summed E-state index contributed by atoms with van der Waals surface area (Å²) in [6.45, 7) is 3.09. The Kier molecular flexibility index (Phi) is 8.64. The third-order valence-electron chi connectivity index (χ3n) is 5.98. The van der Waals surface area contributed by atoms with Crippen molar-refractivity contribution < 1.29 is 27.4 Å². The van der Waals surface area contributed by atoms with Crippen LogP contribution in [0.4, 0.5) is 13.2 Å². The summed E-state index contributed by atoms with van der Waals surface area (Å²) in [6, 6.07) is 6.46. The molecular formula is C22H31F3O3. The van der Waals surface area contributed by atoms with Crippen molar-refractivity contribution in [3.63, 3.8) is 0 Å². The lowest BCUT2D eigenvalue weighted by atomic mass is 9.71. The number of carbonyl (C=O) groups excluding carboxylic acids is 1. The highest BCUT2D eigenvalue weighted by atomic mass is 19.4. The SMILES string of the molecule is C=O.CC1CCC(C2CCC(Oc3ccc(OCC(F)(F)F)cc3)CC2)CC1. The molecule has 2 aliphatic rings. The Bertz CT molecular complexity index is 557. The second kappa shape index (κ2) is 10.7. The molecule has 0 N–H and O–H groups in total. The van der Waals surface area contributed by atoms with Gasteiger partial charge >= 0.3 is 6.18 Å². The number of benzene rings is 1. The first-order valence-electron chi connectivity index (χ1n) is 10.1. The van der Waals surface area contributed by atoms with Gasteiger partial charge in [0.25, 0.3) is 0 Å². The molecule has 3 rings (SSSR count). The molecule has 28 heavy (non-hydrogen) atoms. The molecule has 2 aliphatic carbocycles. The minimum atomic E-state index is -4.32. The average Bonchev–Trinajstić information content (AvgIpc) is 2.70. The van der Waals surface area contributed by atoms with E-state index in [-0.39, 0.29) is 11.9 Å². The van der Waals surface area contributed by atoms with Crippen molar-refractivity contribution >= 4 is 6.79 Å². The largest absolute Gasteiger partial charge is 0.490 e. The fourth-order valence-corrected chi connectivity index (χ4v) is 4.41. The van der Waals surface area contributed by atoms with E-state index in [1.165, 1.54) is 50.7 Å². The quantitative estimate of drug-likeness (QED) is 0.590. The van der Waals surface area contributed by atoms with E-state index in [1.807, 2.05) is 6.79 Å². The summed E-state index contributed by atoms with van der Waals surface area (Å²) < 4.78 is 47.2. The Morgan fingerprint density at radius 3 is 1.82 bits per heavy atom. The predicted molar refractivity (Wildman–Crippen MR) is 103 cm³/mol. The van der Waals surface area contributed by atoms with Gasteiger partial charge in [-0.15, -0.1) is 0 Å². The van der Waals surface area contributed by atoms with Crippen molar-refractivity contribution in [3.05, 3.63) is 24.3 Å². The minimum absolute atomic E-state index is 0.213. The molecule has 158 valence electrons. The van der Waals surface area contributed by atoms with Crippen LogP contribution in [0.2, 0.25) is 0 Å². The van der Waals surface area contributed by atoms with Crippen LogP contribution in [0.5, 0.6) is 11.5 Å². The third-order valence-corrected chi connectivity index (χ3v) is 5.98. The first-order chi connectivity index (χ1) is 13.4. The first-order valence-corrected chi connectivity index (χ1v) is 10.1. The van der Waals surface area contributed by atoms with Gasteiger partial charge in [0, 0.05) is 0 Å². The normalized spacial score (nSPS) is 28.0. The van der Waals surface area contributed by atoms with E-state index in [1.54, 1.807) is 12.1 Å². The third kappa shape index (κ3) is 7.36.